The highest BCUT2D eigenvalue weighted by Gasteiger charge is 2.23. The monoisotopic (exact) mass is 264 g/mol. The Balaban J connectivity index is 1.72. The van der Waals surface area contributed by atoms with Crippen molar-refractivity contribution < 1.29 is 0 Å². The van der Waals surface area contributed by atoms with Gasteiger partial charge in [0.1, 0.15) is 0 Å². The molecule has 1 atom stereocenters. The third kappa shape index (κ3) is 4.62. The molecule has 0 radical (unpaired) electrons. The number of rotatable bonds is 7. The van der Waals surface area contributed by atoms with Crippen molar-refractivity contribution in [3.05, 3.63) is 18.0 Å². The van der Waals surface area contributed by atoms with Gasteiger partial charge in [0.2, 0.25) is 0 Å². The van der Waals surface area contributed by atoms with Gasteiger partial charge in [-0.05, 0) is 43.8 Å². The van der Waals surface area contributed by atoms with Crippen LogP contribution in [-0.4, -0.2) is 46.9 Å². The molecule has 108 valence electrons. The number of hydrogen-bond acceptors (Lipinski definition) is 3. The minimum atomic E-state index is 0.732. The molecule has 0 bridgehead atoms. The van der Waals surface area contributed by atoms with E-state index in [1.165, 1.54) is 31.5 Å². The minimum Gasteiger partial charge on any atom is -0.315 e. The van der Waals surface area contributed by atoms with Gasteiger partial charge in [-0.1, -0.05) is 13.8 Å². The Kier molecular flexibility index (Phi) is 5.40. The molecule has 0 amide bonds. The highest BCUT2D eigenvalue weighted by molar-refractivity contribution is 5.04. The molecule has 1 aliphatic rings. The summed E-state index contributed by atoms with van der Waals surface area (Å²) in [5, 5.41) is 7.84. The molecule has 1 unspecified atom stereocenters. The van der Waals surface area contributed by atoms with Crippen LogP contribution < -0.4 is 5.32 Å². The van der Waals surface area contributed by atoms with Crippen LogP contribution in [0.2, 0.25) is 0 Å². The summed E-state index contributed by atoms with van der Waals surface area (Å²) in [6.07, 6.45) is 7.93. The molecule has 0 aromatic carbocycles. The summed E-state index contributed by atoms with van der Waals surface area (Å²) in [6, 6.07) is 0.732. The number of nitrogens with one attached hydrogen (secondary N) is 1. The number of nitrogens with zero attached hydrogens (tertiary/aromatic N) is 3. The number of hydrogen-bond donors (Lipinski definition) is 1. The van der Waals surface area contributed by atoms with Crippen LogP contribution in [0.5, 0.6) is 0 Å². The third-order valence-electron chi connectivity index (χ3n) is 3.88. The highest BCUT2D eigenvalue weighted by Crippen LogP contribution is 2.17. The second-order valence-corrected chi connectivity index (χ2v) is 6.16. The molecular formula is C15H28N4. The quantitative estimate of drug-likeness (QED) is 0.813. The van der Waals surface area contributed by atoms with Crippen molar-refractivity contribution in [3.8, 4) is 0 Å². The van der Waals surface area contributed by atoms with Gasteiger partial charge in [0.25, 0.3) is 0 Å². The Labute approximate surface area is 117 Å². The zero-order chi connectivity index (χ0) is 13.7. The maximum Gasteiger partial charge on any atom is 0.0522 e. The standard InChI is InChI=1S/C15H28N4/c1-13(2)9-16-11-15-5-4-7-19(15)8-6-14-10-17-18(3)12-14/h10,12-13,15-16H,4-9,11H2,1-3H3. The molecule has 0 saturated carbocycles. The van der Waals surface area contributed by atoms with Gasteiger partial charge in [0.15, 0.2) is 0 Å². The van der Waals surface area contributed by atoms with Crippen LogP contribution in [0.25, 0.3) is 0 Å². The number of aryl methyl sites for hydroxylation is 1. The first-order valence-corrected chi connectivity index (χ1v) is 7.57. The fourth-order valence-electron chi connectivity index (χ4n) is 2.83. The van der Waals surface area contributed by atoms with Crippen LogP contribution in [0, 0.1) is 5.92 Å². The molecule has 0 aliphatic carbocycles. The largest absolute Gasteiger partial charge is 0.315 e. The molecule has 1 aromatic heterocycles. The fraction of sp³-hybridized carbons (Fsp3) is 0.800. The predicted molar refractivity (Wildman–Crippen MR) is 79.2 cm³/mol. The first-order valence-electron chi connectivity index (χ1n) is 7.57. The average Bonchev–Trinajstić information content (AvgIpc) is 2.95. The molecule has 2 heterocycles. The van der Waals surface area contributed by atoms with Crippen molar-refractivity contribution in [1.82, 2.24) is 20.0 Å². The Bertz CT molecular complexity index is 372. The first kappa shape index (κ1) is 14.5. The van der Waals surface area contributed by atoms with E-state index in [-0.39, 0.29) is 0 Å². The SMILES string of the molecule is CC(C)CNCC1CCCN1CCc1cnn(C)c1. The van der Waals surface area contributed by atoms with E-state index in [9.17, 15) is 0 Å². The summed E-state index contributed by atoms with van der Waals surface area (Å²) in [5.74, 6) is 0.741. The summed E-state index contributed by atoms with van der Waals surface area (Å²) >= 11 is 0. The van der Waals surface area contributed by atoms with E-state index in [0.717, 1.165) is 31.5 Å². The second-order valence-electron chi connectivity index (χ2n) is 6.16. The van der Waals surface area contributed by atoms with Crippen molar-refractivity contribution in [1.29, 1.82) is 0 Å². The van der Waals surface area contributed by atoms with Gasteiger partial charge >= 0.3 is 0 Å². The van der Waals surface area contributed by atoms with Gasteiger partial charge in [-0.3, -0.25) is 9.58 Å². The highest BCUT2D eigenvalue weighted by atomic mass is 15.2. The second kappa shape index (κ2) is 7.06. The van der Waals surface area contributed by atoms with E-state index >= 15 is 0 Å². The van der Waals surface area contributed by atoms with Crippen LogP contribution in [-0.2, 0) is 13.5 Å². The Morgan fingerprint density at radius 3 is 3.00 bits per heavy atom. The number of aromatic nitrogens is 2. The zero-order valence-corrected chi connectivity index (χ0v) is 12.6. The number of likely N-dealkylation sites (tertiary alicyclic amines) is 1. The van der Waals surface area contributed by atoms with Crippen LogP contribution in [0.1, 0.15) is 32.3 Å². The van der Waals surface area contributed by atoms with Gasteiger partial charge in [0, 0.05) is 32.4 Å². The Morgan fingerprint density at radius 1 is 1.47 bits per heavy atom. The normalized spacial score (nSPS) is 20.5. The van der Waals surface area contributed by atoms with E-state index in [0.29, 0.717) is 0 Å². The van der Waals surface area contributed by atoms with Crippen molar-refractivity contribution >= 4 is 0 Å². The topological polar surface area (TPSA) is 33.1 Å². The summed E-state index contributed by atoms with van der Waals surface area (Å²) in [7, 11) is 1.98. The fourth-order valence-corrected chi connectivity index (χ4v) is 2.83. The molecule has 1 N–H and O–H groups in total. The van der Waals surface area contributed by atoms with Gasteiger partial charge < -0.3 is 5.32 Å². The lowest BCUT2D eigenvalue weighted by molar-refractivity contribution is 0.248. The molecule has 1 saturated heterocycles. The van der Waals surface area contributed by atoms with E-state index in [1.54, 1.807) is 0 Å². The Hall–Kier alpha value is -0.870. The molecule has 19 heavy (non-hydrogen) atoms. The van der Waals surface area contributed by atoms with E-state index < -0.39 is 0 Å². The molecule has 2 rings (SSSR count). The maximum atomic E-state index is 4.24. The molecule has 1 aromatic rings. The van der Waals surface area contributed by atoms with Crippen LogP contribution >= 0.6 is 0 Å². The lowest BCUT2D eigenvalue weighted by atomic mass is 10.2. The molecule has 1 aliphatic heterocycles. The smallest absolute Gasteiger partial charge is 0.0522 e. The van der Waals surface area contributed by atoms with Crippen molar-refractivity contribution in [2.24, 2.45) is 13.0 Å². The van der Waals surface area contributed by atoms with E-state index in [2.05, 4.69) is 35.4 Å². The van der Waals surface area contributed by atoms with E-state index in [4.69, 9.17) is 0 Å². The molecular weight excluding hydrogens is 236 g/mol. The maximum absolute atomic E-state index is 4.24. The van der Waals surface area contributed by atoms with Gasteiger partial charge in [-0.2, -0.15) is 5.10 Å². The lowest BCUT2D eigenvalue weighted by Crippen LogP contribution is -2.39. The van der Waals surface area contributed by atoms with E-state index in [1.807, 2.05) is 17.9 Å². The zero-order valence-electron chi connectivity index (χ0n) is 12.6. The summed E-state index contributed by atoms with van der Waals surface area (Å²) in [4.78, 5) is 2.64. The average molecular weight is 264 g/mol. The first-order chi connectivity index (χ1) is 9.15. The summed E-state index contributed by atoms with van der Waals surface area (Å²) in [5.41, 5.74) is 1.35. The minimum absolute atomic E-state index is 0.732. The molecule has 0 spiro atoms. The molecule has 1 fully saturated rings. The summed E-state index contributed by atoms with van der Waals surface area (Å²) in [6.45, 7) is 9.23. The summed E-state index contributed by atoms with van der Waals surface area (Å²) < 4.78 is 1.89. The van der Waals surface area contributed by atoms with Gasteiger partial charge in [0.05, 0.1) is 6.20 Å². The van der Waals surface area contributed by atoms with Crippen LogP contribution in [0.3, 0.4) is 0 Å². The van der Waals surface area contributed by atoms with Crippen molar-refractivity contribution in [2.45, 2.75) is 39.2 Å². The van der Waals surface area contributed by atoms with Crippen LogP contribution in [0.15, 0.2) is 12.4 Å². The third-order valence-corrected chi connectivity index (χ3v) is 3.88. The van der Waals surface area contributed by atoms with Crippen LogP contribution in [0.4, 0.5) is 0 Å². The van der Waals surface area contributed by atoms with Gasteiger partial charge in [-0.25, -0.2) is 0 Å². The predicted octanol–water partition coefficient (Wildman–Crippen LogP) is 1.67. The van der Waals surface area contributed by atoms with Gasteiger partial charge in [-0.15, -0.1) is 0 Å². The molecule has 4 nitrogen and oxygen atoms in total. The van der Waals surface area contributed by atoms with Crippen molar-refractivity contribution in [3.63, 3.8) is 0 Å². The molecule has 4 heteroatoms. The van der Waals surface area contributed by atoms with Crippen molar-refractivity contribution in [2.75, 3.05) is 26.2 Å². The lowest BCUT2D eigenvalue weighted by Gasteiger charge is -2.25. The Morgan fingerprint density at radius 2 is 2.32 bits per heavy atom.